The molecule has 1 N–H and O–H groups in total. The summed E-state index contributed by atoms with van der Waals surface area (Å²) < 4.78 is 6.55. The van der Waals surface area contributed by atoms with Gasteiger partial charge in [0.25, 0.3) is 0 Å². The Bertz CT molecular complexity index is 905. The number of pyridine rings is 1. The first kappa shape index (κ1) is 14.2. The Balaban J connectivity index is 1.65. The summed E-state index contributed by atoms with van der Waals surface area (Å²) in [4.78, 5) is 16.9. The number of fused-ring (bicyclic) bond motifs is 2. The van der Waals surface area contributed by atoms with Crippen molar-refractivity contribution >= 4 is 38.3 Å². The fourth-order valence-corrected chi connectivity index (χ4v) is 3.22. The van der Waals surface area contributed by atoms with Crippen LogP contribution < -0.4 is 10.1 Å². The fraction of sp³-hybridized carbons (Fsp3) is 0.111. The van der Waals surface area contributed by atoms with Gasteiger partial charge >= 0.3 is 0 Å². The van der Waals surface area contributed by atoms with Crippen molar-refractivity contribution in [1.82, 2.24) is 4.98 Å². The quantitative estimate of drug-likeness (QED) is 0.740. The fourth-order valence-electron chi connectivity index (χ4n) is 2.84. The number of nitrogens with zero attached hydrogens (tertiary/aromatic N) is 1. The number of hydrogen-bond acceptors (Lipinski definition) is 3. The first-order valence-corrected chi connectivity index (χ1v) is 8.07. The van der Waals surface area contributed by atoms with Gasteiger partial charge in [-0.2, -0.15) is 0 Å². The van der Waals surface area contributed by atoms with Crippen LogP contribution >= 0.6 is 15.9 Å². The van der Waals surface area contributed by atoms with E-state index in [4.69, 9.17) is 4.74 Å². The van der Waals surface area contributed by atoms with Gasteiger partial charge in [-0.05, 0) is 18.2 Å². The van der Waals surface area contributed by atoms with Gasteiger partial charge in [-0.1, -0.05) is 40.2 Å². The molecule has 5 heteroatoms. The second-order valence-electron chi connectivity index (χ2n) is 5.44. The molecule has 0 saturated carbocycles. The van der Waals surface area contributed by atoms with Crippen LogP contribution in [0.25, 0.3) is 10.8 Å². The Kier molecular flexibility index (Phi) is 3.50. The molecule has 1 unspecified atom stereocenters. The molecule has 0 radical (unpaired) electrons. The van der Waals surface area contributed by atoms with Crippen molar-refractivity contribution in [3.05, 3.63) is 64.9 Å². The van der Waals surface area contributed by atoms with Crippen LogP contribution in [0.4, 0.5) is 5.69 Å². The molecular formula is C18H13BrN2O2. The van der Waals surface area contributed by atoms with Gasteiger partial charge < -0.3 is 10.1 Å². The number of carbonyl (C=O) groups excluding carboxylic acids is 1. The summed E-state index contributed by atoms with van der Waals surface area (Å²) in [6, 6.07) is 13.6. The molecule has 0 aliphatic carbocycles. The molecule has 2 aromatic carbocycles. The van der Waals surface area contributed by atoms with Crippen molar-refractivity contribution in [2.75, 3.05) is 11.9 Å². The largest absolute Gasteiger partial charge is 0.492 e. The maximum absolute atomic E-state index is 12.7. The van der Waals surface area contributed by atoms with E-state index in [1.807, 2.05) is 42.5 Å². The second kappa shape index (κ2) is 5.66. The predicted molar refractivity (Wildman–Crippen MR) is 92.8 cm³/mol. The highest BCUT2D eigenvalue weighted by Crippen LogP contribution is 2.36. The number of benzene rings is 2. The zero-order valence-electron chi connectivity index (χ0n) is 12.1. The molecule has 0 saturated heterocycles. The highest BCUT2D eigenvalue weighted by Gasteiger charge is 2.30. The van der Waals surface area contributed by atoms with E-state index in [9.17, 15) is 4.79 Å². The van der Waals surface area contributed by atoms with Crippen molar-refractivity contribution in [2.24, 2.45) is 0 Å². The summed E-state index contributed by atoms with van der Waals surface area (Å²) in [5.74, 6) is 0.367. The topological polar surface area (TPSA) is 51.2 Å². The Labute approximate surface area is 141 Å². The lowest BCUT2D eigenvalue weighted by Gasteiger charge is -2.12. The number of rotatable bonds is 2. The van der Waals surface area contributed by atoms with Gasteiger partial charge in [0.1, 0.15) is 18.3 Å². The number of amides is 1. The van der Waals surface area contributed by atoms with E-state index in [1.165, 1.54) is 0 Å². The van der Waals surface area contributed by atoms with Crippen LogP contribution in [0, 0.1) is 0 Å². The summed E-state index contributed by atoms with van der Waals surface area (Å²) in [7, 11) is 0. The van der Waals surface area contributed by atoms with Crippen LogP contribution in [0.15, 0.2) is 59.3 Å². The minimum atomic E-state index is -0.318. The summed E-state index contributed by atoms with van der Waals surface area (Å²) in [5.41, 5.74) is 1.63. The minimum absolute atomic E-state index is 0.0833. The first-order chi connectivity index (χ1) is 11.2. The smallest absolute Gasteiger partial charge is 0.235 e. The highest BCUT2D eigenvalue weighted by atomic mass is 79.9. The predicted octanol–water partition coefficient (Wildman–Crippen LogP) is 4.11. The van der Waals surface area contributed by atoms with Crippen LogP contribution in [0.5, 0.6) is 5.75 Å². The van der Waals surface area contributed by atoms with Crippen LogP contribution in [-0.4, -0.2) is 17.5 Å². The summed E-state index contributed by atoms with van der Waals surface area (Å²) in [5, 5.41) is 4.96. The van der Waals surface area contributed by atoms with Gasteiger partial charge in [0.15, 0.2) is 0 Å². The molecule has 0 spiro atoms. The van der Waals surface area contributed by atoms with E-state index in [2.05, 4.69) is 26.2 Å². The van der Waals surface area contributed by atoms with Crippen LogP contribution in [0.2, 0.25) is 0 Å². The van der Waals surface area contributed by atoms with Gasteiger partial charge in [-0.3, -0.25) is 9.78 Å². The van der Waals surface area contributed by atoms with Crippen LogP contribution in [0.3, 0.4) is 0 Å². The maximum Gasteiger partial charge on any atom is 0.235 e. The molecule has 1 aromatic heterocycles. The number of aromatic nitrogens is 1. The minimum Gasteiger partial charge on any atom is -0.492 e. The molecular weight excluding hydrogens is 356 g/mol. The van der Waals surface area contributed by atoms with Crippen molar-refractivity contribution < 1.29 is 9.53 Å². The lowest BCUT2D eigenvalue weighted by atomic mass is 10.0. The molecule has 1 amide bonds. The van der Waals surface area contributed by atoms with E-state index < -0.39 is 0 Å². The average molecular weight is 369 g/mol. The zero-order valence-corrected chi connectivity index (χ0v) is 13.7. The zero-order chi connectivity index (χ0) is 15.8. The lowest BCUT2D eigenvalue weighted by molar-refractivity contribution is -0.117. The molecule has 2 heterocycles. The number of nitrogens with one attached hydrogen (secondary N) is 1. The van der Waals surface area contributed by atoms with Crippen molar-refractivity contribution in [1.29, 1.82) is 0 Å². The molecule has 114 valence electrons. The van der Waals surface area contributed by atoms with Gasteiger partial charge in [-0.25, -0.2) is 0 Å². The Morgan fingerprint density at radius 2 is 2.09 bits per heavy atom. The molecule has 23 heavy (non-hydrogen) atoms. The molecule has 3 aromatic rings. The van der Waals surface area contributed by atoms with E-state index in [0.717, 1.165) is 32.2 Å². The molecule has 1 aliphatic heterocycles. The third kappa shape index (κ3) is 2.57. The van der Waals surface area contributed by atoms with Gasteiger partial charge in [0.05, 0.1) is 11.9 Å². The average Bonchev–Trinajstić information content (AvgIpc) is 2.98. The van der Waals surface area contributed by atoms with Crippen molar-refractivity contribution in [3.63, 3.8) is 0 Å². The molecule has 1 atom stereocenters. The number of anilines is 1. The molecule has 4 nitrogen and oxygen atoms in total. The molecule has 0 fully saturated rings. The third-order valence-electron chi connectivity index (χ3n) is 4.00. The number of ether oxygens (including phenoxy) is 1. The Morgan fingerprint density at radius 3 is 3.00 bits per heavy atom. The Morgan fingerprint density at radius 1 is 1.22 bits per heavy atom. The second-order valence-corrected chi connectivity index (χ2v) is 6.36. The van der Waals surface area contributed by atoms with Gasteiger partial charge in [-0.15, -0.1) is 0 Å². The normalized spacial score (nSPS) is 16.0. The van der Waals surface area contributed by atoms with E-state index >= 15 is 0 Å². The summed E-state index contributed by atoms with van der Waals surface area (Å²) in [6.45, 7) is 0.357. The van der Waals surface area contributed by atoms with E-state index in [0.29, 0.717) is 6.61 Å². The van der Waals surface area contributed by atoms with E-state index in [-0.39, 0.29) is 11.8 Å². The number of carbonyl (C=O) groups is 1. The monoisotopic (exact) mass is 368 g/mol. The standard InChI is InChI=1S/C18H13BrN2O2/c19-12-5-6-17-14(7-12)15(10-23-17)18(22)21-16-9-20-8-11-3-1-2-4-13(11)16/h1-9,15H,10H2,(H,21,22). The number of hydrogen-bond donors (Lipinski definition) is 1. The van der Waals surface area contributed by atoms with Crippen molar-refractivity contribution in [3.8, 4) is 5.75 Å². The SMILES string of the molecule is O=C(Nc1cncc2ccccc12)C1COc2ccc(Br)cc21. The first-order valence-electron chi connectivity index (χ1n) is 7.28. The Hall–Kier alpha value is -2.40. The maximum atomic E-state index is 12.7. The van der Waals surface area contributed by atoms with Crippen molar-refractivity contribution in [2.45, 2.75) is 5.92 Å². The van der Waals surface area contributed by atoms with Gasteiger partial charge in [0, 0.05) is 27.0 Å². The van der Waals surface area contributed by atoms with Crippen LogP contribution in [-0.2, 0) is 4.79 Å². The summed E-state index contributed by atoms with van der Waals surface area (Å²) in [6.07, 6.45) is 3.47. The van der Waals surface area contributed by atoms with E-state index in [1.54, 1.807) is 12.4 Å². The molecule has 4 rings (SSSR count). The lowest BCUT2D eigenvalue weighted by Crippen LogP contribution is -2.22. The molecule has 1 aliphatic rings. The molecule has 0 bridgehead atoms. The summed E-state index contributed by atoms with van der Waals surface area (Å²) >= 11 is 3.44. The highest BCUT2D eigenvalue weighted by molar-refractivity contribution is 9.10. The van der Waals surface area contributed by atoms with Gasteiger partial charge in [0.2, 0.25) is 5.91 Å². The van der Waals surface area contributed by atoms with Crippen LogP contribution in [0.1, 0.15) is 11.5 Å². The third-order valence-corrected chi connectivity index (χ3v) is 4.49. The number of halogens is 1.